The van der Waals surface area contributed by atoms with Gasteiger partial charge in [-0.05, 0) is 29.7 Å². The molecule has 132 valence electrons. The van der Waals surface area contributed by atoms with Gasteiger partial charge < -0.3 is 9.42 Å². The molecule has 0 saturated heterocycles. The van der Waals surface area contributed by atoms with Crippen LogP contribution in [0.2, 0.25) is 0 Å². The zero-order chi connectivity index (χ0) is 17.9. The average molecular weight is 351 g/mol. The van der Waals surface area contributed by atoms with Gasteiger partial charge in [0.25, 0.3) is 0 Å². The first kappa shape index (κ1) is 16.4. The van der Waals surface area contributed by atoms with Crippen molar-refractivity contribution in [2.75, 3.05) is 6.54 Å². The van der Waals surface area contributed by atoms with Gasteiger partial charge in [-0.25, -0.2) is 4.39 Å². The van der Waals surface area contributed by atoms with E-state index in [1.165, 1.54) is 23.3 Å². The zero-order valence-electron chi connectivity index (χ0n) is 14.2. The normalized spacial score (nSPS) is 13.5. The molecule has 1 aliphatic rings. The number of halogens is 1. The van der Waals surface area contributed by atoms with Crippen LogP contribution in [0.4, 0.5) is 4.39 Å². The van der Waals surface area contributed by atoms with Gasteiger partial charge in [0.05, 0.1) is 0 Å². The van der Waals surface area contributed by atoms with Gasteiger partial charge in [-0.2, -0.15) is 4.98 Å². The first-order valence-electron chi connectivity index (χ1n) is 8.62. The molecule has 0 aliphatic carbocycles. The van der Waals surface area contributed by atoms with E-state index < -0.39 is 0 Å². The average Bonchev–Trinajstić information content (AvgIpc) is 3.15. The Balaban J connectivity index is 1.37. The van der Waals surface area contributed by atoms with Crippen molar-refractivity contribution in [2.45, 2.75) is 25.8 Å². The molecule has 3 aromatic rings. The fraction of sp³-hybridized carbons (Fsp3) is 0.250. The Labute approximate surface area is 150 Å². The number of amides is 1. The smallest absolute Gasteiger partial charge is 0.227 e. The first-order valence-corrected chi connectivity index (χ1v) is 8.62. The quantitative estimate of drug-likeness (QED) is 0.723. The van der Waals surface area contributed by atoms with Crippen LogP contribution in [-0.2, 0) is 24.2 Å². The topological polar surface area (TPSA) is 59.2 Å². The van der Waals surface area contributed by atoms with Gasteiger partial charge in [0.1, 0.15) is 5.82 Å². The van der Waals surface area contributed by atoms with Gasteiger partial charge in [-0.15, -0.1) is 0 Å². The minimum Gasteiger partial charge on any atom is -0.339 e. The number of fused-ring (bicyclic) bond motifs is 1. The number of benzene rings is 2. The second kappa shape index (κ2) is 7.07. The monoisotopic (exact) mass is 351 g/mol. The molecule has 0 bridgehead atoms. The van der Waals surface area contributed by atoms with Gasteiger partial charge in [-0.3, -0.25) is 4.79 Å². The van der Waals surface area contributed by atoms with Crippen molar-refractivity contribution in [3.8, 4) is 11.4 Å². The Morgan fingerprint density at radius 1 is 1.15 bits per heavy atom. The van der Waals surface area contributed by atoms with Crippen molar-refractivity contribution >= 4 is 5.91 Å². The molecule has 2 heterocycles. The maximum absolute atomic E-state index is 13.3. The maximum atomic E-state index is 13.3. The van der Waals surface area contributed by atoms with E-state index in [4.69, 9.17) is 4.52 Å². The molecular weight excluding hydrogens is 333 g/mol. The van der Waals surface area contributed by atoms with Crippen LogP contribution >= 0.6 is 0 Å². The van der Waals surface area contributed by atoms with Crippen molar-refractivity contribution in [2.24, 2.45) is 0 Å². The van der Waals surface area contributed by atoms with Gasteiger partial charge in [-0.1, -0.05) is 41.6 Å². The van der Waals surface area contributed by atoms with Crippen molar-refractivity contribution in [1.29, 1.82) is 0 Å². The molecule has 0 atom stereocenters. The molecule has 0 N–H and O–H groups in total. The summed E-state index contributed by atoms with van der Waals surface area (Å²) >= 11 is 0. The third-order valence-corrected chi connectivity index (χ3v) is 4.59. The fourth-order valence-electron chi connectivity index (χ4n) is 3.18. The number of aryl methyl sites for hydroxylation is 1. The number of rotatable bonds is 4. The predicted molar refractivity (Wildman–Crippen MR) is 93.6 cm³/mol. The summed E-state index contributed by atoms with van der Waals surface area (Å²) in [4.78, 5) is 18.6. The standard InChI is InChI=1S/C20H18FN3O2/c21-17-7-3-6-15(12-17)20-22-18(26-23-20)8-9-19(25)24-11-10-14-4-1-2-5-16(14)13-24/h1-7,12H,8-11,13H2. The highest BCUT2D eigenvalue weighted by Gasteiger charge is 2.21. The Hall–Kier alpha value is -3.02. The summed E-state index contributed by atoms with van der Waals surface area (Å²) in [6, 6.07) is 14.2. The summed E-state index contributed by atoms with van der Waals surface area (Å²) in [6.07, 6.45) is 1.57. The Bertz CT molecular complexity index is 938. The molecule has 4 rings (SSSR count). The largest absolute Gasteiger partial charge is 0.339 e. The molecule has 1 aliphatic heterocycles. The van der Waals surface area contributed by atoms with Crippen LogP contribution in [0.3, 0.4) is 0 Å². The van der Waals surface area contributed by atoms with Crippen molar-refractivity contribution in [3.63, 3.8) is 0 Å². The lowest BCUT2D eigenvalue weighted by Gasteiger charge is -2.28. The number of carbonyl (C=O) groups is 1. The summed E-state index contributed by atoms with van der Waals surface area (Å²) < 4.78 is 18.5. The summed E-state index contributed by atoms with van der Waals surface area (Å²) in [6.45, 7) is 1.38. The lowest BCUT2D eigenvalue weighted by Crippen LogP contribution is -2.36. The summed E-state index contributed by atoms with van der Waals surface area (Å²) in [5.74, 6) is 0.438. The molecule has 1 aromatic heterocycles. The zero-order valence-corrected chi connectivity index (χ0v) is 14.2. The summed E-state index contributed by atoms with van der Waals surface area (Å²) in [7, 11) is 0. The number of carbonyl (C=O) groups excluding carboxylic acids is 1. The molecule has 5 nitrogen and oxygen atoms in total. The van der Waals surface area contributed by atoms with Crippen LogP contribution < -0.4 is 0 Å². The molecule has 6 heteroatoms. The molecule has 26 heavy (non-hydrogen) atoms. The number of hydrogen-bond acceptors (Lipinski definition) is 4. The first-order chi connectivity index (χ1) is 12.7. The number of nitrogens with zero attached hydrogens (tertiary/aromatic N) is 3. The van der Waals surface area contributed by atoms with Crippen LogP contribution in [0.15, 0.2) is 53.1 Å². The molecule has 0 unspecified atom stereocenters. The molecule has 2 aromatic carbocycles. The van der Waals surface area contributed by atoms with Crippen LogP contribution in [0.1, 0.15) is 23.4 Å². The molecule has 0 saturated carbocycles. The molecule has 1 amide bonds. The predicted octanol–water partition coefficient (Wildman–Crippen LogP) is 3.39. The second-order valence-electron chi connectivity index (χ2n) is 6.36. The van der Waals surface area contributed by atoms with Crippen LogP contribution in [-0.4, -0.2) is 27.5 Å². The fourth-order valence-corrected chi connectivity index (χ4v) is 3.18. The van der Waals surface area contributed by atoms with Crippen LogP contribution in [0, 0.1) is 5.82 Å². The highest BCUT2D eigenvalue weighted by atomic mass is 19.1. The van der Waals surface area contributed by atoms with Crippen molar-refractivity contribution in [3.05, 3.63) is 71.4 Å². The molecule has 0 spiro atoms. The highest BCUT2D eigenvalue weighted by molar-refractivity contribution is 5.76. The Kier molecular flexibility index (Phi) is 4.48. The SMILES string of the molecule is O=C(CCc1nc(-c2cccc(F)c2)no1)N1CCc2ccccc2C1. The van der Waals surface area contributed by atoms with Gasteiger partial charge in [0.15, 0.2) is 0 Å². The van der Waals surface area contributed by atoms with Gasteiger partial charge in [0.2, 0.25) is 17.6 Å². The van der Waals surface area contributed by atoms with E-state index in [0.717, 1.165) is 13.0 Å². The Morgan fingerprint density at radius 3 is 2.85 bits per heavy atom. The van der Waals surface area contributed by atoms with Crippen molar-refractivity contribution in [1.82, 2.24) is 15.0 Å². The van der Waals surface area contributed by atoms with Crippen LogP contribution in [0.25, 0.3) is 11.4 Å². The van der Waals surface area contributed by atoms with E-state index in [1.54, 1.807) is 12.1 Å². The third kappa shape index (κ3) is 3.49. The third-order valence-electron chi connectivity index (χ3n) is 4.59. The van der Waals surface area contributed by atoms with E-state index in [0.29, 0.717) is 36.7 Å². The lowest BCUT2D eigenvalue weighted by molar-refractivity contribution is -0.132. The van der Waals surface area contributed by atoms with Crippen LogP contribution in [0.5, 0.6) is 0 Å². The minimum atomic E-state index is -0.352. The van der Waals surface area contributed by atoms with E-state index in [9.17, 15) is 9.18 Å². The summed E-state index contributed by atoms with van der Waals surface area (Å²) in [5.41, 5.74) is 3.07. The molecule has 0 radical (unpaired) electrons. The number of hydrogen-bond donors (Lipinski definition) is 0. The lowest BCUT2D eigenvalue weighted by atomic mass is 9.99. The van der Waals surface area contributed by atoms with Gasteiger partial charge >= 0.3 is 0 Å². The molecular formula is C20H18FN3O2. The van der Waals surface area contributed by atoms with Gasteiger partial charge in [0, 0.05) is 31.5 Å². The van der Waals surface area contributed by atoms with E-state index >= 15 is 0 Å². The van der Waals surface area contributed by atoms with E-state index in [1.807, 2.05) is 17.0 Å². The maximum Gasteiger partial charge on any atom is 0.227 e. The van der Waals surface area contributed by atoms with E-state index in [-0.39, 0.29) is 11.7 Å². The van der Waals surface area contributed by atoms with Crippen molar-refractivity contribution < 1.29 is 13.7 Å². The second-order valence-corrected chi connectivity index (χ2v) is 6.36. The number of aromatic nitrogens is 2. The Morgan fingerprint density at radius 2 is 2.00 bits per heavy atom. The minimum absolute atomic E-state index is 0.0741. The van der Waals surface area contributed by atoms with E-state index in [2.05, 4.69) is 22.3 Å². The summed E-state index contributed by atoms with van der Waals surface area (Å²) in [5, 5.41) is 3.87. The molecule has 0 fully saturated rings. The highest BCUT2D eigenvalue weighted by Crippen LogP contribution is 2.20.